The maximum absolute atomic E-state index is 4.90. The molecule has 0 bridgehead atoms. The molecule has 0 N–H and O–H groups in total. The summed E-state index contributed by atoms with van der Waals surface area (Å²) in [6.45, 7) is 2.09. The number of oxime groups is 1. The van der Waals surface area contributed by atoms with Crippen molar-refractivity contribution in [2.45, 2.75) is 13.2 Å². The molecule has 1 heterocycles. The van der Waals surface area contributed by atoms with Gasteiger partial charge in [0.15, 0.2) is 6.61 Å². The third-order valence-corrected chi connectivity index (χ3v) is 0.907. The Morgan fingerprint density at radius 3 is 2.90 bits per heavy atom. The summed E-state index contributed by atoms with van der Waals surface area (Å²) >= 11 is 0. The molecule has 4 heteroatoms. The van der Waals surface area contributed by atoms with E-state index in [1.807, 2.05) is 0 Å². The van der Waals surface area contributed by atoms with E-state index in [1.54, 1.807) is 13.1 Å². The van der Waals surface area contributed by atoms with Crippen molar-refractivity contribution in [1.82, 2.24) is 0 Å². The van der Waals surface area contributed by atoms with Crippen molar-refractivity contribution in [1.29, 1.82) is 0 Å². The van der Waals surface area contributed by atoms with Crippen LogP contribution in [0.1, 0.15) is 6.92 Å². The van der Waals surface area contributed by atoms with Crippen LogP contribution in [0.15, 0.2) is 17.7 Å². The molecule has 0 aromatic rings. The van der Waals surface area contributed by atoms with Crippen molar-refractivity contribution >= 4 is 6.21 Å². The highest BCUT2D eigenvalue weighted by Gasteiger charge is 2.11. The zero-order chi connectivity index (χ0) is 7.23. The Kier molecular flexibility index (Phi) is 2.61. The van der Waals surface area contributed by atoms with Crippen molar-refractivity contribution in [3.63, 3.8) is 0 Å². The van der Waals surface area contributed by atoms with Crippen LogP contribution in [-0.2, 0) is 14.3 Å². The molecule has 0 saturated heterocycles. The monoisotopic (exact) mass is 143 g/mol. The molecule has 0 saturated carbocycles. The van der Waals surface area contributed by atoms with Crippen LogP contribution in [0.5, 0.6) is 0 Å². The van der Waals surface area contributed by atoms with Crippen LogP contribution in [0.25, 0.3) is 0 Å². The average Bonchev–Trinajstić information content (AvgIpc) is 2.41. The van der Waals surface area contributed by atoms with Gasteiger partial charge in [0.05, 0.1) is 0 Å². The summed E-state index contributed by atoms with van der Waals surface area (Å²) in [7, 11) is 0. The molecule has 0 spiro atoms. The van der Waals surface area contributed by atoms with E-state index in [2.05, 4.69) is 5.16 Å². The smallest absolute Gasteiger partial charge is 0.276 e. The molecule has 0 amide bonds. The molecule has 0 atom stereocenters. The lowest BCUT2D eigenvalue weighted by Crippen LogP contribution is -2.13. The average molecular weight is 143 g/mol. The van der Waals surface area contributed by atoms with Gasteiger partial charge in [0, 0.05) is 6.21 Å². The molecule has 1 rings (SSSR count). The molecule has 10 heavy (non-hydrogen) atoms. The van der Waals surface area contributed by atoms with Crippen molar-refractivity contribution in [3.05, 3.63) is 12.5 Å². The minimum Gasteiger partial charge on any atom is -0.456 e. The number of rotatable bonds is 3. The van der Waals surface area contributed by atoms with Gasteiger partial charge in [-0.25, -0.2) is 0 Å². The summed E-state index contributed by atoms with van der Waals surface area (Å²) in [5.74, 6) is 0. The lowest BCUT2D eigenvalue weighted by molar-refractivity contribution is -0.0795. The predicted octanol–water partition coefficient (Wildman–Crippen LogP) is 0.853. The second-order valence-corrected chi connectivity index (χ2v) is 1.63. The van der Waals surface area contributed by atoms with E-state index in [4.69, 9.17) is 14.3 Å². The Balaban J connectivity index is 2.03. The zero-order valence-corrected chi connectivity index (χ0v) is 5.69. The predicted molar refractivity (Wildman–Crippen MR) is 35.2 cm³/mol. The Morgan fingerprint density at radius 2 is 2.30 bits per heavy atom. The maximum Gasteiger partial charge on any atom is 0.276 e. The molecule has 1 aliphatic heterocycles. The molecule has 0 radical (unpaired) electrons. The quantitative estimate of drug-likeness (QED) is 0.434. The molecule has 0 aliphatic carbocycles. The number of nitrogens with zero attached hydrogens (tertiary/aromatic N) is 1. The van der Waals surface area contributed by atoms with E-state index >= 15 is 0 Å². The first kappa shape index (κ1) is 6.92. The van der Waals surface area contributed by atoms with Crippen molar-refractivity contribution in [3.8, 4) is 0 Å². The fourth-order valence-corrected chi connectivity index (χ4v) is 0.528. The zero-order valence-electron chi connectivity index (χ0n) is 5.69. The highest BCUT2D eigenvalue weighted by Crippen LogP contribution is 2.04. The van der Waals surface area contributed by atoms with Gasteiger partial charge in [-0.3, -0.25) is 0 Å². The molecule has 0 aromatic heterocycles. The third-order valence-electron chi connectivity index (χ3n) is 0.907. The van der Waals surface area contributed by atoms with Gasteiger partial charge in [-0.2, -0.15) is 0 Å². The SMILES string of the molecule is CC=NOCC1OC=CO1. The number of hydrogen-bond acceptors (Lipinski definition) is 4. The van der Waals surface area contributed by atoms with Crippen LogP contribution < -0.4 is 0 Å². The van der Waals surface area contributed by atoms with Crippen molar-refractivity contribution < 1.29 is 14.3 Å². The standard InChI is InChI=1S/C6H9NO3/c1-2-7-10-5-6-8-3-4-9-6/h2-4,6H,5H2,1H3. The molecular formula is C6H9NO3. The van der Waals surface area contributed by atoms with Crippen LogP contribution in [-0.4, -0.2) is 19.1 Å². The van der Waals surface area contributed by atoms with E-state index < -0.39 is 0 Å². The Labute approximate surface area is 59.1 Å². The highest BCUT2D eigenvalue weighted by atomic mass is 16.7. The van der Waals surface area contributed by atoms with Gasteiger partial charge in [-0.1, -0.05) is 5.16 Å². The van der Waals surface area contributed by atoms with Gasteiger partial charge >= 0.3 is 0 Å². The first-order valence-electron chi connectivity index (χ1n) is 2.99. The lowest BCUT2D eigenvalue weighted by atomic mass is 10.7. The fourth-order valence-electron chi connectivity index (χ4n) is 0.528. The molecule has 56 valence electrons. The van der Waals surface area contributed by atoms with Gasteiger partial charge in [0.2, 0.25) is 0 Å². The Hall–Kier alpha value is -1.19. The summed E-state index contributed by atoms with van der Waals surface area (Å²) in [5, 5.41) is 3.52. The van der Waals surface area contributed by atoms with E-state index in [1.165, 1.54) is 12.5 Å². The van der Waals surface area contributed by atoms with E-state index in [-0.39, 0.29) is 6.29 Å². The summed E-state index contributed by atoms with van der Waals surface area (Å²) in [5.41, 5.74) is 0. The lowest BCUT2D eigenvalue weighted by Gasteiger charge is -2.06. The Bertz CT molecular complexity index is 136. The number of hydrogen-bond donors (Lipinski definition) is 0. The largest absolute Gasteiger partial charge is 0.456 e. The number of ether oxygens (including phenoxy) is 2. The van der Waals surface area contributed by atoms with Gasteiger partial charge in [-0.15, -0.1) is 0 Å². The van der Waals surface area contributed by atoms with Crippen LogP contribution >= 0.6 is 0 Å². The highest BCUT2D eigenvalue weighted by molar-refractivity contribution is 5.52. The van der Waals surface area contributed by atoms with Crippen molar-refractivity contribution in [2.24, 2.45) is 5.16 Å². The summed E-state index contributed by atoms with van der Waals surface area (Å²) < 4.78 is 9.80. The molecule has 1 aliphatic rings. The van der Waals surface area contributed by atoms with E-state index in [0.29, 0.717) is 6.61 Å². The second-order valence-electron chi connectivity index (χ2n) is 1.63. The van der Waals surface area contributed by atoms with Crippen LogP contribution in [0.2, 0.25) is 0 Å². The third kappa shape index (κ3) is 1.97. The van der Waals surface area contributed by atoms with Crippen molar-refractivity contribution in [2.75, 3.05) is 6.61 Å². The van der Waals surface area contributed by atoms with Gasteiger partial charge in [-0.05, 0) is 6.92 Å². The fraction of sp³-hybridized carbons (Fsp3) is 0.500. The minimum absolute atomic E-state index is 0.317. The second kappa shape index (κ2) is 3.76. The molecule has 0 aromatic carbocycles. The van der Waals surface area contributed by atoms with Crippen LogP contribution in [0.4, 0.5) is 0 Å². The minimum atomic E-state index is -0.330. The van der Waals surface area contributed by atoms with Crippen LogP contribution in [0.3, 0.4) is 0 Å². The summed E-state index contributed by atoms with van der Waals surface area (Å²) in [6, 6.07) is 0. The first-order chi connectivity index (χ1) is 4.93. The van der Waals surface area contributed by atoms with Gasteiger partial charge < -0.3 is 14.3 Å². The van der Waals surface area contributed by atoms with Crippen LogP contribution in [0, 0.1) is 0 Å². The topological polar surface area (TPSA) is 40.0 Å². The summed E-state index contributed by atoms with van der Waals surface area (Å²) in [4.78, 5) is 4.75. The summed E-state index contributed by atoms with van der Waals surface area (Å²) in [6.07, 6.45) is 4.18. The normalized spacial score (nSPS) is 17.3. The Morgan fingerprint density at radius 1 is 1.60 bits per heavy atom. The van der Waals surface area contributed by atoms with Gasteiger partial charge in [0.25, 0.3) is 6.29 Å². The molecular weight excluding hydrogens is 134 g/mol. The molecule has 4 nitrogen and oxygen atoms in total. The van der Waals surface area contributed by atoms with E-state index in [9.17, 15) is 0 Å². The molecule has 0 fully saturated rings. The maximum atomic E-state index is 4.90. The van der Waals surface area contributed by atoms with E-state index in [0.717, 1.165) is 0 Å². The first-order valence-corrected chi connectivity index (χ1v) is 2.99. The van der Waals surface area contributed by atoms with Gasteiger partial charge in [0.1, 0.15) is 12.5 Å². The molecule has 0 unspecified atom stereocenters.